The van der Waals surface area contributed by atoms with Crippen molar-refractivity contribution in [3.05, 3.63) is 36.2 Å². The van der Waals surface area contributed by atoms with Crippen LogP contribution in [0.25, 0.3) is 5.69 Å². The van der Waals surface area contributed by atoms with E-state index < -0.39 is 6.10 Å². The molecule has 2 N–H and O–H groups in total. The second-order valence-corrected chi connectivity index (χ2v) is 6.33. The van der Waals surface area contributed by atoms with Crippen LogP contribution in [-0.4, -0.2) is 50.0 Å². The molecule has 134 valence electrons. The smallest absolute Gasteiger partial charge is 0.217 e. The molecule has 0 aliphatic heterocycles. The number of hydrogen-bond donors (Lipinski definition) is 2. The summed E-state index contributed by atoms with van der Waals surface area (Å²) < 4.78 is 6.95. The van der Waals surface area contributed by atoms with Crippen molar-refractivity contribution in [1.82, 2.24) is 25.1 Å². The second kappa shape index (κ2) is 7.71. The lowest BCUT2D eigenvalue weighted by atomic mass is 9.83. The highest BCUT2D eigenvalue weighted by Gasteiger charge is 2.33. The number of carbonyl (C=O) groups is 1. The Balaban J connectivity index is 1.91. The number of amides is 1. The predicted octanol–water partition coefficient (Wildman–Crippen LogP) is 0.942. The molecular weight excluding hydrogens is 322 g/mol. The van der Waals surface area contributed by atoms with Gasteiger partial charge in [-0.05, 0) is 31.4 Å². The van der Waals surface area contributed by atoms with Crippen molar-refractivity contribution < 1.29 is 14.6 Å². The first kappa shape index (κ1) is 17.5. The van der Waals surface area contributed by atoms with Crippen molar-refractivity contribution in [3.63, 3.8) is 0 Å². The van der Waals surface area contributed by atoms with Gasteiger partial charge in [0.05, 0.1) is 24.0 Å². The standard InChI is InChI=1S/C17H23N5O3/c1-11(23)19-14-8-12(5-6-15(14)24)17-20-16(10-25-2)21-22(17)13-4-3-7-18-9-13/h3-4,7,9,12,14-15,24H,5-6,8,10H2,1-2H3,(H,19,23)/t12-,14+,15+/m0/s1. The number of carbonyl (C=O) groups excluding carboxylic acids is 1. The Morgan fingerprint density at radius 1 is 1.48 bits per heavy atom. The zero-order chi connectivity index (χ0) is 17.8. The number of ether oxygens (including phenoxy) is 1. The van der Waals surface area contributed by atoms with Crippen molar-refractivity contribution >= 4 is 5.91 Å². The van der Waals surface area contributed by atoms with E-state index in [1.54, 1.807) is 24.2 Å². The molecule has 1 amide bonds. The Hall–Kier alpha value is -2.32. The Morgan fingerprint density at radius 2 is 2.32 bits per heavy atom. The third-order valence-corrected chi connectivity index (χ3v) is 4.41. The summed E-state index contributed by atoms with van der Waals surface area (Å²) in [5.41, 5.74) is 0.828. The average molecular weight is 345 g/mol. The van der Waals surface area contributed by atoms with Gasteiger partial charge in [0.15, 0.2) is 5.82 Å². The van der Waals surface area contributed by atoms with Gasteiger partial charge in [0.25, 0.3) is 0 Å². The van der Waals surface area contributed by atoms with Crippen molar-refractivity contribution in [2.75, 3.05) is 7.11 Å². The number of hydrogen-bond acceptors (Lipinski definition) is 6. The quantitative estimate of drug-likeness (QED) is 0.836. The maximum Gasteiger partial charge on any atom is 0.217 e. The molecule has 0 saturated heterocycles. The molecule has 3 atom stereocenters. The van der Waals surface area contributed by atoms with E-state index >= 15 is 0 Å². The first-order valence-electron chi connectivity index (χ1n) is 8.38. The lowest BCUT2D eigenvalue weighted by Gasteiger charge is -2.33. The van der Waals surface area contributed by atoms with Crippen LogP contribution in [0.1, 0.15) is 43.8 Å². The van der Waals surface area contributed by atoms with Gasteiger partial charge in [-0.2, -0.15) is 0 Å². The van der Waals surface area contributed by atoms with Crippen molar-refractivity contribution in [3.8, 4) is 5.69 Å². The minimum absolute atomic E-state index is 0.0820. The molecule has 0 spiro atoms. The summed E-state index contributed by atoms with van der Waals surface area (Å²) in [4.78, 5) is 20.2. The van der Waals surface area contributed by atoms with E-state index in [2.05, 4.69) is 20.4 Å². The minimum Gasteiger partial charge on any atom is -0.391 e. The van der Waals surface area contributed by atoms with Gasteiger partial charge >= 0.3 is 0 Å². The fraction of sp³-hybridized carbons (Fsp3) is 0.529. The van der Waals surface area contributed by atoms with Crippen LogP contribution in [0.4, 0.5) is 0 Å². The SMILES string of the molecule is COCc1nc([C@H]2CC[C@@H](O)[C@H](NC(C)=O)C2)n(-c2cccnc2)n1. The normalized spacial score (nSPS) is 23.4. The van der Waals surface area contributed by atoms with Gasteiger partial charge in [-0.15, -0.1) is 5.10 Å². The molecule has 2 heterocycles. The number of methoxy groups -OCH3 is 1. The molecule has 25 heavy (non-hydrogen) atoms. The lowest BCUT2D eigenvalue weighted by Crippen LogP contribution is -2.46. The highest BCUT2D eigenvalue weighted by molar-refractivity contribution is 5.73. The second-order valence-electron chi connectivity index (χ2n) is 6.33. The summed E-state index contributed by atoms with van der Waals surface area (Å²) in [5.74, 6) is 1.35. The number of aromatic nitrogens is 4. The van der Waals surface area contributed by atoms with Crippen molar-refractivity contribution in [2.24, 2.45) is 0 Å². The fourth-order valence-corrected chi connectivity index (χ4v) is 3.30. The molecule has 0 bridgehead atoms. The lowest BCUT2D eigenvalue weighted by molar-refractivity contribution is -0.121. The van der Waals surface area contributed by atoms with Crippen molar-refractivity contribution in [1.29, 1.82) is 0 Å². The van der Waals surface area contributed by atoms with Crippen LogP contribution in [0.5, 0.6) is 0 Å². The molecule has 2 aromatic rings. The molecule has 1 aliphatic carbocycles. The van der Waals surface area contributed by atoms with E-state index in [0.717, 1.165) is 17.9 Å². The predicted molar refractivity (Wildman–Crippen MR) is 90.1 cm³/mol. The summed E-state index contributed by atoms with van der Waals surface area (Å²) in [6.07, 6.45) is 4.91. The fourth-order valence-electron chi connectivity index (χ4n) is 3.30. The Morgan fingerprint density at radius 3 is 3.00 bits per heavy atom. The molecule has 3 rings (SSSR count). The monoisotopic (exact) mass is 345 g/mol. The van der Waals surface area contributed by atoms with Crippen molar-refractivity contribution in [2.45, 2.75) is 50.9 Å². The zero-order valence-corrected chi connectivity index (χ0v) is 14.4. The summed E-state index contributed by atoms with van der Waals surface area (Å²) in [6.45, 7) is 1.79. The number of aliphatic hydroxyl groups excluding tert-OH is 1. The largest absolute Gasteiger partial charge is 0.391 e. The van der Waals surface area contributed by atoms with Gasteiger partial charge in [0.2, 0.25) is 5.91 Å². The molecule has 8 heteroatoms. The third-order valence-electron chi connectivity index (χ3n) is 4.41. The maximum atomic E-state index is 11.4. The summed E-state index contributed by atoms with van der Waals surface area (Å²) in [7, 11) is 1.61. The Kier molecular flexibility index (Phi) is 5.40. The van der Waals surface area contributed by atoms with E-state index in [0.29, 0.717) is 25.3 Å². The van der Waals surface area contributed by atoms with E-state index in [1.807, 2.05) is 12.1 Å². The third kappa shape index (κ3) is 4.02. The van der Waals surface area contributed by atoms with Gasteiger partial charge in [-0.3, -0.25) is 9.78 Å². The summed E-state index contributed by atoms with van der Waals surface area (Å²) in [6, 6.07) is 3.49. The molecule has 1 saturated carbocycles. The van der Waals surface area contributed by atoms with E-state index in [4.69, 9.17) is 4.74 Å². The van der Waals surface area contributed by atoms with E-state index in [1.165, 1.54) is 6.92 Å². The molecule has 1 aliphatic rings. The van der Waals surface area contributed by atoms with Gasteiger partial charge < -0.3 is 15.2 Å². The average Bonchev–Trinajstić information content (AvgIpc) is 3.01. The zero-order valence-electron chi connectivity index (χ0n) is 14.4. The molecule has 1 fully saturated rings. The summed E-state index contributed by atoms with van der Waals surface area (Å²) in [5, 5.41) is 17.6. The first-order chi connectivity index (χ1) is 12.1. The molecule has 2 aromatic heterocycles. The maximum absolute atomic E-state index is 11.4. The highest BCUT2D eigenvalue weighted by Crippen LogP contribution is 2.33. The minimum atomic E-state index is -0.534. The number of aliphatic hydroxyl groups is 1. The molecule has 8 nitrogen and oxygen atoms in total. The first-order valence-corrected chi connectivity index (χ1v) is 8.38. The van der Waals surface area contributed by atoms with Crippen LogP contribution in [0.15, 0.2) is 24.5 Å². The number of nitrogens with one attached hydrogen (secondary N) is 1. The van der Waals surface area contributed by atoms with E-state index in [9.17, 15) is 9.90 Å². The molecule has 0 unspecified atom stereocenters. The van der Waals surface area contributed by atoms with E-state index in [-0.39, 0.29) is 17.9 Å². The Labute approximate surface area is 146 Å². The van der Waals surface area contributed by atoms with Crippen LogP contribution in [0, 0.1) is 0 Å². The topological polar surface area (TPSA) is 102 Å². The van der Waals surface area contributed by atoms with Gasteiger partial charge in [-0.1, -0.05) is 0 Å². The molecular formula is C17H23N5O3. The van der Waals surface area contributed by atoms with Gasteiger partial charge in [0.1, 0.15) is 12.4 Å². The Bertz CT molecular complexity index is 718. The van der Waals surface area contributed by atoms with Gasteiger partial charge in [0, 0.05) is 26.1 Å². The highest BCUT2D eigenvalue weighted by atomic mass is 16.5. The van der Waals surface area contributed by atoms with Crippen LogP contribution < -0.4 is 5.32 Å². The number of nitrogens with zero attached hydrogens (tertiary/aromatic N) is 4. The molecule has 0 radical (unpaired) electrons. The molecule has 0 aromatic carbocycles. The number of pyridine rings is 1. The van der Waals surface area contributed by atoms with Crippen LogP contribution in [-0.2, 0) is 16.1 Å². The van der Waals surface area contributed by atoms with Crippen LogP contribution in [0.3, 0.4) is 0 Å². The van der Waals surface area contributed by atoms with Gasteiger partial charge in [-0.25, -0.2) is 9.67 Å². The number of rotatable bonds is 5. The van der Waals surface area contributed by atoms with Crippen LogP contribution >= 0.6 is 0 Å². The van der Waals surface area contributed by atoms with Crippen LogP contribution in [0.2, 0.25) is 0 Å². The summed E-state index contributed by atoms with van der Waals surface area (Å²) >= 11 is 0.